The van der Waals surface area contributed by atoms with E-state index >= 15 is 0 Å². The summed E-state index contributed by atoms with van der Waals surface area (Å²) in [6.07, 6.45) is 0. The lowest BCUT2D eigenvalue weighted by atomic mass is 10.2. The minimum Gasteiger partial charge on any atom is -0.495 e. The van der Waals surface area contributed by atoms with Gasteiger partial charge in [0.05, 0.1) is 24.4 Å². The first kappa shape index (κ1) is 16.1. The molecule has 0 saturated carbocycles. The van der Waals surface area contributed by atoms with Crippen LogP contribution in [0.15, 0.2) is 27.2 Å². The SMILES string of the molecule is COc1cc(OC)c(NC(=O)Nc2cc(CO)on2)cc1Br. The average molecular weight is 372 g/mol. The second kappa shape index (κ2) is 7.14. The molecule has 1 aromatic heterocycles. The molecule has 0 radical (unpaired) electrons. The summed E-state index contributed by atoms with van der Waals surface area (Å²) in [5.41, 5.74) is 0.443. The molecular formula is C13H14BrN3O5. The Kier molecular flexibility index (Phi) is 5.23. The number of benzene rings is 1. The number of methoxy groups -OCH3 is 2. The normalized spacial score (nSPS) is 10.2. The van der Waals surface area contributed by atoms with Crippen LogP contribution >= 0.6 is 15.9 Å². The van der Waals surface area contributed by atoms with E-state index in [4.69, 9.17) is 19.1 Å². The van der Waals surface area contributed by atoms with Crippen LogP contribution in [0.4, 0.5) is 16.3 Å². The molecule has 0 bridgehead atoms. The summed E-state index contributed by atoms with van der Waals surface area (Å²) in [6.45, 7) is -0.296. The fourth-order valence-corrected chi connectivity index (χ4v) is 2.18. The van der Waals surface area contributed by atoms with E-state index in [-0.39, 0.29) is 18.2 Å². The van der Waals surface area contributed by atoms with Gasteiger partial charge in [-0.05, 0) is 22.0 Å². The Bertz CT molecular complexity index is 674. The predicted molar refractivity (Wildman–Crippen MR) is 82.3 cm³/mol. The summed E-state index contributed by atoms with van der Waals surface area (Å²) in [6, 6.07) is 4.17. The van der Waals surface area contributed by atoms with E-state index in [9.17, 15) is 4.79 Å². The van der Waals surface area contributed by atoms with Crippen LogP contribution in [0.5, 0.6) is 11.5 Å². The van der Waals surface area contributed by atoms with E-state index in [0.29, 0.717) is 21.7 Å². The molecule has 3 N–H and O–H groups in total. The van der Waals surface area contributed by atoms with Gasteiger partial charge in [-0.3, -0.25) is 5.32 Å². The third kappa shape index (κ3) is 3.68. The van der Waals surface area contributed by atoms with Gasteiger partial charge in [-0.2, -0.15) is 0 Å². The number of hydrogen-bond acceptors (Lipinski definition) is 6. The number of hydrogen-bond donors (Lipinski definition) is 3. The van der Waals surface area contributed by atoms with Gasteiger partial charge in [0.15, 0.2) is 11.6 Å². The fraction of sp³-hybridized carbons (Fsp3) is 0.231. The number of carbonyl (C=O) groups is 1. The zero-order chi connectivity index (χ0) is 16.1. The van der Waals surface area contributed by atoms with Crippen LogP contribution in [0.25, 0.3) is 0 Å². The highest BCUT2D eigenvalue weighted by atomic mass is 79.9. The van der Waals surface area contributed by atoms with Crippen LogP contribution in [-0.4, -0.2) is 30.5 Å². The second-order valence-corrected chi connectivity index (χ2v) is 4.96. The molecule has 0 unspecified atom stereocenters. The summed E-state index contributed by atoms with van der Waals surface area (Å²) in [5.74, 6) is 1.45. The van der Waals surface area contributed by atoms with Crippen molar-refractivity contribution in [3.05, 3.63) is 28.4 Å². The maximum atomic E-state index is 11.9. The number of amides is 2. The number of nitrogens with one attached hydrogen (secondary N) is 2. The topological polar surface area (TPSA) is 106 Å². The number of nitrogens with zero attached hydrogens (tertiary/aromatic N) is 1. The van der Waals surface area contributed by atoms with Crippen LogP contribution in [-0.2, 0) is 6.61 Å². The van der Waals surface area contributed by atoms with E-state index in [1.165, 1.54) is 20.3 Å². The highest BCUT2D eigenvalue weighted by Gasteiger charge is 2.13. The van der Waals surface area contributed by atoms with Crippen molar-refractivity contribution in [3.8, 4) is 11.5 Å². The second-order valence-electron chi connectivity index (χ2n) is 4.10. The summed E-state index contributed by atoms with van der Waals surface area (Å²) >= 11 is 3.33. The van der Waals surface area contributed by atoms with Gasteiger partial charge in [0.2, 0.25) is 0 Å². The van der Waals surface area contributed by atoms with E-state index in [1.807, 2.05) is 0 Å². The number of ether oxygens (including phenoxy) is 2. The zero-order valence-corrected chi connectivity index (χ0v) is 13.4. The quantitative estimate of drug-likeness (QED) is 0.745. The highest BCUT2D eigenvalue weighted by molar-refractivity contribution is 9.10. The predicted octanol–water partition coefficient (Wildman–Crippen LogP) is 2.59. The Balaban J connectivity index is 2.12. The number of carbonyl (C=O) groups excluding carboxylic acids is 1. The number of anilines is 2. The lowest BCUT2D eigenvalue weighted by molar-refractivity contribution is 0.229. The van der Waals surface area contributed by atoms with E-state index in [2.05, 4.69) is 31.7 Å². The first-order valence-corrected chi connectivity index (χ1v) is 6.92. The summed E-state index contributed by atoms with van der Waals surface area (Å²) < 4.78 is 15.8. The van der Waals surface area contributed by atoms with Gasteiger partial charge in [-0.25, -0.2) is 4.79 Å². The third-order valence-corrected chi connectivity index (χ3v) is 3.30. The zero-order valence-electron chi connectivity index (χ0n) is 11.8. The maximum Gasteiger partial charge on any atom is 0.325 e. The van der Waals surface area contributed by atoms with Crippen LogP contribution in [0, 0.1) is 0 Å². The highest BCUT2D eigenvalue weighted by Crippen LogP contribution is 2.36. The van der Waals surface area contributed by atoms with Crippen molar-refractivity contribution in [1.29, 1.82) is 0 Å². The first-order valence-electron chi connectivity index (χ1n) is 6.13. The van der Waals surface area contributed by atoms with Gasteiger partial charge >= 0.3 is 6.03 Å². The van der Waals surface area contributed by atoms with Crippen molar-refractivity contribution in [2.75, 3.05) is 24.9 Å². The largest absolute Gasteiger partial charge is 0.495 e. The lowest BCUT2D eigenvalue weighted by Crippen LogP contribution is -2.20. The standard InChI is InChI=1S/C13H14BrN3O5/c1-20-10-5-11(21-2)9(4-8(10)14)15-13(19)16-12-3-7(6-18)22-17-12/h3-5,18H,6H2,1-2H3,(H2,15,16,17,19). The molecule has 8 nitrogen and oxygen atoms in total. The number of aliphatic hydroxyl groups is 1. The minimum atomic E-state index is -0.534. The van der Waals surface area contributed by atoms with Gasteiger partial charge in [0, 0.05) is 12.1 Å². The molecule has 1 heterocycles. The Morgan fingerprint density at radius 2 is 2.00 bits per heavy atom. The lowest BCUT2D eigenvalue weighted by Gasteiger charge is -2.13. The molecule has 1 aromatic carbocycles. The molecule has 0 aliphatic heterocycles. The molecule has 2 rings (SSSR count). The Hall–Kier alpha value is -2.26. The van der Waals surface area contributed by atoms with Crippen molar-refractivity contribution in [1.82, 2.24) is 5.16 Å². The molecular weight excluding hydrogens is 358 g/mol. The van der Waals surface area contributed by atoms with E-state index in [0.717, 1.165) is 0 Å². The smallest absolute Gasteiger partial charge is 0.325 e. The molecule has 2 amide bonds. The Labute approximate surface area is 134 Å². The molecule has 0 fully saturated rings. The molecule has 0 spiro atoms. The van der Waals surface area contributed by atoms with Crippen molar-refractivity contribution in [2.45, 2.75) is 6.61 Å². The van der Waals surface area contributed by atoms with Crippen molar-refractivity contribution >= 4 is 33.5 Å². The summed E-state index contributed by atoms with van der Waals surface area (Å²) in [4.78, 5) is 11.9. The molecule has 0 atom stereocenters. The molecule has 0 saturated heterocycles. The van der Waals surface area contributed by atoms with Gasteiger partial charge < -0.3 is 24.4 Å². The molecule has 0 aliphatic carbocycles. The molecule has 22 heavy (non-hydrogen) atoms. The molecule has 2 aromatic rings. The molecule has 118 valence electrons. The Morgan fingerprint density at radius 1 is 1.27 bits per heavy atom. The van der Waals surface area contributed by atoms with Crippen LogP contribution in [0.2, 0.25) is 0 Å². The van der Waals surface area contributed by atoms with Crippen LogP contribution < -0.4 is 20.1 Å². The number of rotatable bonds is 5. The number of urea groups is 1. The van der Waals surface area contributed by atoms with Gasteiger partial charge in [-0.15, -0.1) is 0 Å². The minimum absolute atomic E-state index is 0.188. The van der Waals surface area contributed by atoms with Crippen molar-refractivity contribution in [2.24, 2.45) is 0 Å². The van der Waals surface area contributed by atoms with Crippen molar-refractivity contribution in [3.63, 3.8) is 0 Å². The molecule has 0 aliphatic rings. The average Bonchev–Trinajstić information content (AvgIpc) is 2.95. The Morgan fingerprint density at radius 3 is 2.59 bits per heavy atom. The number of aliphatic hydroxyl groups excluding tert-OH is 1. The maximum absolute atomic E-state index is 11.9. The van der Waals surface area contributed by atoms with Crippen LogP contribution in [0.1, 0.15) is 5.76 Å². The number of aromatic nitrogens is 1. The fourth-order valence-electron chi connectivity index (χ4n) is 1.67. The summed E-state index contributed by atoms with van der Waals surface area (Å²) in [5, 5.41) is 17.6. The number of halogens is 1. The van der Waals surface area contributed by atoms with E-state index in [1.54, 1.807) is 12.1 Å². The molecule has 9 heteroatoms. The van der Waals surface area contributed by atoms with Gasteiger partial charge in [0.25, 0.3) is 0 Å². The third-order valence-electron chi connectivity index (χ3n) is 2.68. The van der Waals surface area contributed by atoms with Gasteiger partial charge in [0.1, 0.15) is 18.1 Å². The van der Waals surface area contributed by atoms with Crippen molar-refractivity contribution < 1.29 is 23.9 Å². The van der Waals surface area contributed by atoms with Crippen LogP contribution in [0.3, 0.4) is 0 Å². The van der Waals surface area contributed by atoms with Gasteiger partial charge in [-0.1, -0.05) is 5.16 Å². The first-order chi connectivity index (χ1) is 10.6. The monoisotopic (exact) mass is 371 g/mol. The summed E-state index contributed by atoms with van der Waals surface area (Å²) in [7, 11) is 3.01. The van der Waals surface area contributed by atoms with E-state index < -0.39 is 6.03 Å².